The summed E-state index contributed by atoms with van der Waals surface area (Å²) in [5.41, 5.74) is -2.15. The van der Waals surface area contributed by atoms with Gasteiger partial charge in [0.2, 0.25) is 11.8 Å². The Kier molecular flexibility index (Phi) is 8.09. The van der Waals surface area contributed by atoms with Gasteiger partial charge in [0, 0.05) is 45.9 Å². The van der Waals surface area contributed by atoms with Gasteiger partial charge in [-0.05, 0) is 38.5 Å². The maximum Gasteiger partial charge on any atom is 0.310 e. The van der Waals surface area contributed by atoms with Crippen LogP contribution in [0.3, 0.4) is 0 Å². The fourth-order valence-corrected chi connectivity index (χ4v) is 6.91. The Hall–Kier alpha value is -2.01. The van der Waals surface area contributed by atoms with E-state index in [4.69, 9.17) is 9.47 Å². The molecule has 3 unspecified atom stereocenters. The average molecular weight is 508 g/mol. The van der Waals surface area contributed by atoms with Crippen molar-refractivity contribution in [3.05, 3.63) is 12.7 Å². The maximum atomic E-state index is 14.2. The third kappa shape index (κ3) is 4.46. The molecule has 2 N–H and O–H groups in total. The lowest BCUT2D eigenvalue weighted by Crippen LogP contribution is -2.57. The van der Waals surface area contributed by atoms with Gasteiger partial charge in [-0.15, -0.1) is 6.58 Å². The molecule has 2 bridgehead atoms. The van der Waals surface area contributed by atoms with Crippen molar-refractivity contribution in [1.29, 1.82) is 0 Å². The topological polar surface area (TPSA) is 120 Å². The van der Waals surface area contributed by atoms with Gasteiger partial charge in [-0.3, -0.25) is 19.3 Å². The number of carboxylic acid groups (broad SMARTS) is 1. The van der Waals surface area contributed by atoms with Crippen LogP contribution >= 0.6 is 0 Å². The highest BCUT2D eigenvalue weighted by Gasteiger charge is 2.80. The first-order valence-electron chi connectivity index (χ1n) is 13.3. The molecule has 4 heterocycles. The molecule has 4 fully saturated rings. The minimum Gasteiger partial charge on any atom is -0.481 e. The molecule has 10 heteroatoms. The van der Waals surface area contributed by atoms with Crippen molar-refractivity contribution in [1.82, 2.24) is 14.7 Å². The van der Waals surface area contributed by atoms with E-state index < -0.39 is 35.0 Å². The lowest BCUT2D eigenvalue weighted by Gasteiger charge is -2.38. The molecule has 10 nitrogen and oxygen atoms in total. The zero-order valence-electron chi connectivity index (χ0n) is 21.6. The van der Waals surface area contributed by atoms with E-state index in [1.165, 1.54) is 0 Å². The Balaban J connectivity index is 1.64. The number of rotatable bonds is 12. The van der Waals surface area contributed by atoms with Crippen molar-refractivity contribution in [3.8, 4) is 0 Å². The van der Waals surface area contributed by atoms with Gasteiger partial charge < -0.3 is 29.5 Å². The number of hydrogen-bond donors (Lipinski definition) is 2. The number of unbranched alkanes of at least 4 members (excludes halogenated alkanes) is 2. The molecule has 2 amide bonds. The van der Waals surface area contributed by atoms with E-state index in [1.54, 1.807) is 22.8 Å². The van der Waals surface area contributed by atoms with Crippen LogP contribution in [-0.4, -0.2) is 119 Å². The summed E-state index contributed by atoms with van der Waals surface area (Å²) in [6.07, 6.45) is 4.10. The van der Waals surface area contributed by atoms with Crippen LogP contribution in [-0.2, 0) is 23.9 Å². The van der Waals surface area contributed by atoms with Gasteiger partial charge in [0.1, 0.15) is 17.6 Å². The number of nitrogens with zero attached hydrogens (tertiary/aromatic N) is 3. The lowest BCUT2D eigenvalue weighted by molar-refractivity contribution is -0.158. The molecule has 1 spiro atoms. The molecule has 0 aliphatic carbocycles. The summed E-state index contributed by atoms with van der Waals surface area (Å²) in [4.78, 5) is 46.0. The molecule has 0 saturated carbocycles. The number of aliphatic carboxylic acids is 1. The first-order chi connectivity index (χ1) is 17.2. The second-order valence-corrected chi connectivity index (χ2v) is 10.9. The standard InChI is InChI=1S/C26H41N3O7/c1-4-8-28(11-10-27-12-15-35-16-13-27)23(32)21-26-17-18(2)25(3,36-26)20(24(33)34)19(26)22(31)29(21)9-6-5-7-14-30/h4,18-21,30H,1,5-17H2,2-3H3,(H,33,34)/t18?,19-,20+,21?,25-,26?/m0/s1. The monoisotopic (exact) mass is 507 g/mol. The number of carboxylic acids is 1. The Morgan fingerprint density at radius 1 is 1.22 bits per heavy atom. The summed E-state index contributed by atoms with van der Waals surface area (Å²) in [7, 11) is 0. The minimum absolute atomic E-state index is 0.0671. The van der Waals surface area contributed by atoms with E-state index >= 15 is 0 Å². The van der Waals surface area contributed by atoms with E-state index in [1.807, 2.05) is 6.92 Å². The fourth-order valence-electron chi connectivity index (χ4n) is 6.91. The summed E-state index contributed by atoms with van der Waals surface area (Å²) >= 11 is 0. The predicted molar refractivity (Wildman–Crippen MR) is 131 cm³/mol. The molecule has 202 valence electrons. The number of carbonyl (C=O) groups excluding carboxylic acids is 2. The number of amides is 2. The molecule has 4 saturated heterocycles. The summed E-state index contributed by atoms with van der Waals surface area (Å²) in [5.74, 6) is -3.53. The predicted octanol–water partition coefficient (Wildman–Crippen LogP) is 0.591. The summed E-state index contributed by atoms with van der Waals surface area (Å²) in [6.45, 7) is 12.4. The molecular weight excluding hydrogens is 466 g/mol. The zero-order chi connectivity index (χ0) is 26.1. The van der Waals surface area contributed by atoms with Crippen molar-refractivity contribution in [2.75, 3.05) is 59.1 Å². The smallest absolute Gasteiger partial charge is 0.310 e. The first kappa shape index (κ1) is 27.0. The summed E-state index contributed by atoms with van der Waals surface area (Å²) in [6, 6.07) is -0.873. The second kappa shape index (κ2) is 10.8. The molecular formula is C26H41N3O7. The fraction of sp³-hybridized carbons (Fsp3) is 0.808. The van der Waals surface area contributed by atoms with Gasteiger partial charge in [0.25, 0.3) is 0 Å². The van der Waals surface area contributed by atoms with E-state index in [0.29, 0.717) is 65.1 Å². The summed E-state index contributed by atoms with van der Waals surface area (Å²) in [5, 5.41) is 19.3. The number of hydrogen-bond acceptors (Lipinski definition) is 7. The Morgan fingerprint density at radius 2 is 1.94 bits per heavy atom. The van der Waals surface area contributed by atoms with Crippen LogP contribution in [0.25, 0.3) is 0 Å². The maximum absolute atomic E-state index is 14.2. The zero-order valence-corrected chi connectivity index (χ0v) is 21.6. The second-order valence-electron chi connectivity index (χ2n) is 10.9. The van der Waals surface area contributed by atoms with Crippen molar-refractivity contribution in [2.24, 2.45) is 17.8 Å². The van der Waals surface area contributed by atoms with Gasteiger partial charge in [0.15, 0.2) is 0 Å². The molecule has 36 heavy (non-hydrogen) atoms. The molecule has 0 radical (unpaired) electrons. The number of ether oxygens (including phenoxy) is 2. The molecule has 4 aliphatic rings. The van der Waals surface area contributed by atoms with E-state index in [-0.39, 0.29) is 24.3 Å². The van der Waals surface area contributed by atoms with Crippen molar-refractivity contribution in [2.45, 2.75) is 56.8 Å². The van der Waals surface area contributed by atoms with Gasteiger partial charge in [0.05, 0.1) is 24.7 Å². The SMILES string of the molecule is C=CCN(CCN1CCOCC1)C(=O)C1N(CCCCCO)C(=O)[C@@H]2[C@H](C(=O)O)[C@@]3(C)OC12CC3C. The van der Waals surface area contributed by atoms with Crippen LogP contribution in [0.1, 0.15) is 39.5 Å². The molecule has 4 rings (SSSR count). The largest absolute Gasteiger partial charge is 0.481 e. The Labute approximate surface area is 213 Å². The highest BCUT2D eigenvalue weighted by Crippen LogP contribution is 2.65. The van der Waals surface area contributed by atoms with Gasteiger partial charge in [-0.2, -0.15) is 0 Å². The summed E-state index contributed by atoms with van der Waals surface area (Å²) < 4.78 is 12.0. The number of morpholine rings is 1. The number of fused-ring (bicyclic) bond motifs is 1. The minimum atomic E-state index is -1.15. The third-order valence-electron chi connectivity index (χ3n) is 8.82. The van der Waals surface area contributed by atoms with Crippen LogP contribution < -0.4 is 0 Å². The first-order valence-corrected chi connectivity index (χ1v) is 13.3. The van der Waals surface area contributed by atoms with Crippen LogP contribution in [0.15, 0.2) is 12.7 Å². The van der Waals surface area contributed by atoms with E-state index in [0.717, 1.165) is 13.1 Å². The van der Waals surface area contributed by atoms with Crippen molar-refractivity contribution in [3.63, 3.8) is 0 Å². The highest BCUT2D eigenvalue weighted by atomic mass is 16.5. The molecule has 4 aliphatic heterocycles. The average Bonchev–Trinajstić information content (AvgIpc) is 3.36. The van der Waals surface area contributed by atoms with Crippen LogP contribution in [0.2, 0.25) is 0 Å². The van der Waals surface area contributed by atoms with Crippen LogP contribution in [0, 0.1) is 17.8 Å². The number of carbonyl (C=O) groups is 3. The third-order valence-corrected chi connectivity index (χ3v) is 8.82. The van der Waals surface area contributed by atoms with Crippen molar-refractivity contribution < 1.29 is 34.1 Å². The molecule has 0 aromatic carbocycles. The number of likely N-dealkylation sites (tertiary alicyclic amines) is 1. The van der Waals surface area contributed by atoms with Gasteiger partial charge >= 0.3 is 5.97 Å². The normalized spacial score (nSPS) is 35.8. The number of aliphatic hydroxyl groups excluding tert-OH is 1. The van der Waals surface area contributed by atoms with E-state index in [9.17, 15) is 24.6 Å². The quantitative estimate of drug-likeness (QED) is 0.291. The van der Waals surface area contributed by atoms with Crippen LogP contribution in [0.4, 0.5) is 0 Å². The van der Waals surface area contributed by atoms with Gasteiger partial charge in [-0.25, -0.2) is 0 Å². The van der Waals surface area contributed by atoms with Crippen LogP contribution in [0.5, 0.6) is 0 Å². The number of aliphatic hydroxyl groups is 1. The van der Waals surface area contributed by atoms with E-state index in [2.05, 4.69) is 11.5 Å². The molecule has 6 atom stereocenters. The Morgan fingerprint density at radius 3 is 2.58 bits per heavy atom. The van der Waals surface area contributed by atoms with Crippen molar-refractivity contribution >= 4 is 17.8 Å². The van der Waals surface area contributed by atoms with Gasteiger partial charge in [-0.1, -0.05) is 13.0 Å². The molecule has 0 aromatic rings. The Bertz CT molecular complexity index is 862. The molecule has 0 aromatic heterocycles. The lowest BCUT2D eigenvalue weighted by atomic mass is 9.62. The highest BCUT2D eigenvalue weighted by molar-refractivity contribution is 5.98.